The van der Waals surface area contributed by atoms with E-state index in [1.54, 1.807) is 0 Å². The van der Waals surface area contributed by atoms with Crippen LogP contribution in [0.15, 0.2) is 67.7 Å². The average Bonchev–Trinajstić information content (AvgIpc) is 2.76. The lowest BCUT2D eigenvalue weighted by Crippen LogP contribution is -2.31. The Bertz CT molecular complexity index is 663. The maximum Gasteiger partial charge on any atom is 0.0819 e. The van der Waals surface area contributed by atoms with E-state index in [2.05, 4.69) is 80.2 Å². The zero-order chi connectivity index (χ0) is 15.0. The van der Waals surface area contributed by atoms with Crippen LogP contribution in [-0.4, -0.2) is 11.4 Å². The topological polar surface area (TPSA) is 24.7 Å². The molecule has 0 saturated heterocycles. The van der Waals surface area contributed by atoms with Gasteiger partial charge in [0.25, 0.3) is 0 Å². The van der Waals surface area contributed by atoms with Gasteiger partial charge >= 0.3 is 0 Å². The van der Waals surface area contributed by atoms with E-state index in [1.165, 1.54) is 0 Å². The largest absolute Gasteiger partial charge is 0.154 e. The first-order valence-electron chi connectivity index (χ1n) is 6.67. The van der Waals surface area contributed by atoms with Crippen LogP contribution in [0.5, 0.6) is 0 Å². The van der Waals surface area contributed by atoms with Crippen LogP contribution in [0.4, 0.5) is 0 Å². The molecule has 1 heterocycles. The summed E-state index contributed by atoms with van der Waals surface area (Å²) < 4.78 is 2.13. The van der Waals surface area contributed by atoms with Crippen molar-refractivity contribution in [3.05, 3.63) is 68.6 Å². The lowest BCUT2D eigenvalue weighted by molar-refractivity contribution is 0.745. The number of halogens is 2. The van der Waals surface area contributed by atoms with Gasteiger partial charge in [-0.05, 0) is 49.2 Å². The summed E-state index contributed by atoms with van der Waals surface area (Å²) in [5.41, 5.74) is 4.03. The van der Waals surface area contributed by atoms with Gasteiger partial charge in [-0.25, -0.2) is 0 Å². The maximum atomic E-state index is 4.45. The lowest BCUT2D eigenvalue weighted by Gasteiger charge is -2.23. The molecule has 0 N–H and O–H groups in total. The number of hydrogen-bond donors (Lipinski definition) is 0. The molecule has 0 amide bonds. The third-order valence-electron chi connectivity index (χ3n) is 3.67. The van der Waals surface area contributed by atoms with E-state index in [0.29, 0.717) is 0 Å². The molecule has 2 aromatic rings. The zero-order valence-electron chi connectivity index (χ0n) is 11.8. The molecule has 0 aromatic heterocycles. The standard InChI is InChI=1S/C17H14Br2N2/c1-17(2)15(11-3-7-13(18)8-4-11)20-21-16(17)12-5-9-14(19)10-6-12/h3-10H,1-2H3. The van der Waals surface area contributed by atoms with Gasteiger partial charge in [0.1, 0.15) is 0 Å². The van der Waals surface area contributed by atoms with Gasteiger partial charge in [0.05, 0.1) is 16.8 Å². The van der Waals surface area contributed by atoms with Gasteiger partial charge in [0, 0.05) is 8.95 Å². The second-order valence-corrected chi connectivity index (χ2v) is 7.37. The highest BCUT2D eigenvalue weighted by Gasteiger charge is 2.37. The normalized spacial score (nSPS) is 16.6. The third-order valence-corrected chi connectivity index (χ3v) is 4.73. The third kappa shape index (κ3) is 2.74. The highest BCUT2D eigenvalue weighted by Crippen LogP contribution is 2.33. The number of rotatable bonds is 2. The fourth-order valence-corrected chi connectivity index (χ4v) is 3.04. The average molecular weight is 406 g/mol. The molecule has 0 saturated carbocycles. The maximum absolute atomic E-state index is 4.45. The first-order chi connectivity index (χ1) is 9.98. The molecule has 0 unspecified atom stereocenters. The smallest absolute Gasteiger partial charge is 0.0819 e. The molecule has 0 spiro atoms. The van der Waals surface area contributed by atoms with Crippen LogP contribution >= 0.6 is 31.9 Å². The summed E-state index contributed by atoms with van der Waals surface area (Å²) in [6, 6.07) is 16.4. The van der Waals surface area contributed by atoms with Crippen molar-refractivity contribution in [3.63, 3.8) is 0 Å². The Morgan fingerprint density at radius 3 is 1.33 bits per heavy atom. The van der Waals surface area contributed by atoms with Crippen LogP contribution in [0.1, 0.15) is 25.0 Å². The van der Waals surface area contributed by atoms with Crippen molar-refractivity contribution < 1.29 is 0 Å². The first kappa shape index (κ1) is 14.7. The molecule has 0 bridgehead atoms. The van der Waals surface area contributed by atoms with Crippen LogP contribution in [0.2, 0.25) is 0 Å². The molecule has 0 radical (unpaired) electrons. The van der Waals surface area contributed by atoms with Gasteiger partial charge in [0.2, 0.25) is 0 Å². The molecule has 0 atom stereocenters. The zero-order valence-corrected chi connectivity index (χ0v) is 14.9. The van der Waals surface area contributed by atoms with Gasteiger partial charge < -0.3 is 0 Å². The van der Waals surface area contributed by atoms with Gasteiger partial charge in [-0.15, -0.1) is 0 Å². The van der Waals surface area contributed by atoms with E-state index in [0.717, 1.165) is 31.5 Å². The second-order valence-electron chi connectivity index (χ2n) is 5.54. The van der Waals surface area contributed by atoms with E-state index in [-0.39, 0.29) is 5.41 Å². The quantitative estimate of drug-likeness (QED) is 0.635. The highest BCUT2D eigenvalue weighted by molar-refractivity contribution is 9.10. The van der Waals surface area contributed by atoms with Crippen molar-refractivity contribution in [2.45, 2.75) is 13.8 Å². The van der Waals surface area contributed by atoms with E-state index in [1.807, 2.05) is 24.3 Å². The molecule has 1 aliphatic rings. The SMILES string of the molecule is CC1(C)C(c2ccc(Br)cc2)=NN=C1c1ccc(Br)cc1. The predicted octanol–water partition coefficient (Wildman–Crippen LogP) is 5.44. The Morgan fingerprint density at radius 1 is 0.667 bits per heavy atom. The van der Waals surface area contributed by atoms with Crippen molar-refractivity contribution >= 4 is 43.3 Å². The van der Waals surface area contributed by atoms with E-state index in [9.17, 15) is 0 Å². The monoisotopic (exact) mass is 404 g/mol. The molecule has 2 nitrogen and oxygen atoms in total. The van der Waals surface area contributed by atoms with Gasteiger partial charge in [-0.2, -0.15) is 10.2 Å². The summed E-state index contributed by atoms with van der Waals surface area (Å²) in [6.07, 6.45) is 0. The first-order valence-corrected chi connectivity index (χ1v) is 8.25. The number of benzene rings is 2. The van der Waals surface area contributed by atoms with Crippen molar-refractivity contribution in [2.24, 2.45) is 15.6 Å². The summed E-state index contributed by atoms with van der Waals surface area (Å²) in [6.45, 7) is 4.34. The number of hydrogen-bond acceptors (Lipinski definition) is 2. The summed E-state index contributed by atoms with van der Waals surface area (Å²) in [7, 11) is 0. The highest BCUT2D eigenvalue weighted by atomic mass is 79.9. The molecule has 1 aliphatic heterocycles. The van der Waals surface area contributed by atoms with Crippen LogP contribution in [0.25, 0.3) is 0 Å². The van der Waals surface area contributed by atoms with Gasteiger partial charge in [0.15, 0.2) is 0 Å². The molecule has 4 heteroatoms. The lowest BCUT2D eigenvalue weighted by atomic mass is 9.77. The van der Waals surface area contributed by atoms with E-state index >= 15 is 0 Å². The van der Waals surface area contributed by atoms with Gasteiger partial charge in [-0.1, -0.05) is 56.1 Å². The molecular formula is C17H14Br2N2. The Labute approximate surface area is 141 Å². The van der Waals surface area contributed by atoms with Crippen LogP contribution in [-0.2, 0) is 0 Å². The minimum absolute atomic E-state index is 0.207. The Hall–Kier alpha value is -1.26. The second kappa shape index (κ2) is 5.50. The summed E-state index contributed by atoms with van der Waals surface area (Å²) in [4.78, 5) is 0. The van der Waals surface area contributed by atoms with Crippen molar-refractivity contribution in [2.75, 3.05) is 0 Å². The fourth-order valence-electron chi connectivity index (χ4n) is 2.51. The molecular weight excluding hydrogens is 392 g/mol. The van der Waals surface area contributed by atoms with Crippen LogP contribution in [0.3, 0.4) is 0 Å². The minimum atomic E-state index is -0.207. The Kier molecular flexibility index (Phi) is 3.84. The van der Waals surface area contributed by atoms with Crippen molar-refractivity contribution in [1.29, 1.82) is 0 Å². The molecule has 106 valence electrons. The van der Waals surface area contributed by atoms with Crippen LogP contribution in [0, 0.1) is 5.41 Å². The summed E-state index contributed by atoms with van der Waals surface area (Å²) in [5, 5.41) is 8.89. The minimum Gasteiger partial charge on any atom is -0.154 e. The predicted molar refractivity (Wildman–Crippen MR) is 95.1 cm³/mol. The van der Waals surface area contributed by atoms with Crippen LogP contribution < -0.4 is 0 Å². The van der Waals surface area contributed by atoms with Crippen molar-refractivity contribution in [1.82, 2.24) is 0 Å². The molecule has 0 fully saturated rings. The van der Waals surface area contributed by atoms with Crippen molar-refractivity contribution in [3.8, 4) is 0 Å². The summed E-state index contributed by atoms with van der Waals surface area (Å²) in [5.74, 6) is 0. The number of nitrogens with zero attached hydrogens (tertiary/aromatic N) is 2. The molecule has 0 aliphatic carbocycles. The molecule has 21 heavy (non-hydrogen) atoms. The van der Waals surface area contributed by atoms with E-state index in [4.69, 9.17) is 0 Å². The molecule has 3 rings (SSSR count). The Balaban J connectivity index is 1.96. The van der Waals surface area contributed by atoms with Gasteiger partial charge in [-0.3, -0.25) is 0 Å². The van der Waals surface area contributed by atoms with E-state index < -0.39 is 0 Å². The molecule has 2 aromatic carbocycles. The summed E-state index contributed by atoms with van der Waals surface area (Å²) >= 11 is 6.93. The Morgan fingerprint density at radius 2 is 1.00 bits per heavy atom. The fraction of sp³-hybridized carbons (Fsp3) is 0.176.